The molecule has 5 nitrogen and oxygen atoms in total. The molecule has 0 spiro atoms. The first-order chi connectivity index (χ1) is 14.7. The van der Waals surface area contributed by atoms with Gasteiger partial charge in [-0.25, -0.2) is 0 Å². The Morgan fingerprint density at radius 2 is 1.13 bits per heavy atom. The van der Waals surface area contributed by atoms with Gasteiger partial charge in [0, 0.05) is 29.3 Å². The van der Waals surface area contributed by atoms with E-state index in [1.54, 1.807) is 54.7 Å². The Labute approximate surface area is 174 Å². The summed E-state index contributed by atoms with van der Waals surface area (Å²) in [5, 5.41) is 5.67. The second-order valence-corrected chi connectivity index (χ2v) is 6.67. The van der Waals surface area contributed by atoms with E-state index in [-0.39, 0.29) is 11.8 Å². The quantitative estimate of drug-likeness (QED) is 0.486. The Bertz CT molecular complexity index is 1140. The van der Waals surface area contributed by atoms with Crippen molar-refractivity contribution in [2.45, 2.75) is 0 Å². The zero-order chi connectivity index (χ0) is 20.8. The van der Waals surface area contributed by atoms with Gasteiger partial charge in [-0.05, 0) is 59.7 Å². The second kappa shape index (κ2) is 8.84. The molecule has 5 heteroatoms. The fourth-order valence-corrected chi connectivity index (χ4v) is 2.99. The third-order valence-corrected chi connectivity index (χ3v) is 4.58. The van der Waals surface area contributed by atoms with E-state index in [1.807, 2.05) is 42.5 Å². The van der Waals surface area contributed by atoms with Gasteiger partial charge < -0.3 is 10.6 Å². The monoisotopic (exact) mass is 393 g/mol. The summed E-state index contributed by atoms with van der Waals surface area (Å²) in [5.74, 6) is -0.430. The molecular formula is C25H19N3O2. The van der Waals surface area contributed by atoms with Crippen molar-refractivity contribution in [3.8, 4) is 11.1 Å². The van der Waals surface area contributed by atoms with E-state index in [1.165, 1.54) is 6.20 Å². The molecule has 0 aliphatic heterocycles. The number of rotatable bonds is 5. The predicted molar refractivity (Wildman–Crippen MR) is 118 cm³/mol. The number of hydrogen-bond donors (Lipinski definition) is 2. The molecule has 0 fully saturated rings. The van der Waals surface area contributed by atoms with E-state index in [4.69, 9.17) is 0 Å². The summed E-state index contributed by atoms with van der Waals surface area (Å²) in [4.78, 5) is 28.6. The lowest BCUT2D eigenvalue weighted by molar-refractivity contribution is 0.101. The van der Waals surface area contributed by atoms with Crippen LogP contribution in [0.5, 0.6) is 0 Å². The van der Waals surface area contributed by atoms with E-state index in [2.05, 4.69) is 15.6 Å². The molecule has 1 aromatic heterocycles. The van der Waals surface area contributed by atoms with Crippen LogP contribution < -0.4 is 10.6 Å². The van der Waals surface area contributed by atoms with Crippen LogP contribution >= 0.6 is 0 Å². The molecule has 0 radical (unpaired) electrons. The topological polar surface area (TPSA) is 71.1 Å². The second-order valence-electron chi connectivity index (χ2n) is 6.67. The third kappa shape index (κ3) is 4.59. The largest absolute Gasteiger partial charge is 0.322 e. The summed E-state index contributed by atoms with van der Waals surface area (Å²) in [6.07, 6.45) is 3.12. The molecule has 0 bridgehead atoms. The molecule has 0 atom stereocenters. The van der Waals surface area contributed by atoms with E-state index in [9.17, 15) is 9.59 Å². The van der Waals surface area contributed by atoms with E-state index < -0.39 is 0 Å². The molecule has 4 aromatic rings. The van der Waals surface area contributed by atoms with Crippen LogP contribution in [-0.4, -0.2) is 16.8 Å². The molecule has 3 aromatic carbocycles. The molecular weight excluding hydrogens is 374 g/mol. The zero-order valence-corrected chi connectivity index (χ0v) is 16.1. The predicted octanol–water partition coefficient (Wildman–Crippen LogP) is 5.25. The van der Waals surface area contributed by atoms with Gasteiger partial charge in [0.25, 0.3) is 11.8 Å². The number of carbonyl (C=O) groups excluding carboxylic acids is 2. The Kier molecular flexibility index (Phi) is 5.62. The fraction of sp³-hybridized carbons (Fsp3) is 0. The molecule has 4 rings (SSSR count). The number of carbonyl (C=O) groups is 2. The fourth-order valence-electron chi connectivity index (χ4n) is 2.99. The maximum atomic E-state index is 12.5. The van der Waals surface area contributed by atoms with Crippen molar-refractivity contribution in [1.29, 1.82) is 0 Å². The summed E-state index contributed by atoms with van der Waals surface area (Å²) in [6, 6.07) is 27.9. The molecule has 0 saturated heterocycles. The normalized spacial score (nSPS) is 10.3. The average Bonchev–Trinajstić information content (AvgIpc) is 2.81. The van der Waals surface area contributed by atoms with Crippen LogP contribution in [-0.2, 0) is 0 Å². The number of pyridine rings is 1. The minimum atomic E-state index is -0.238. The summed E-state index contributed by atoms with van der Waals surface area (Å²) < 4.78 is 0. The zero-order valence-electron chi connectivity index (χ0n) is 16.1. The Balaban J connectivity index is 1.38. The summed E-state index contributed by atoms with van der Waals surface area (Å²) in [6.45, 7) is 0. The van der Waals surface area contributed by atoms with Crippen LogP contribution in [0.15, 0.2) is 103 Å². The number of nitrogens with one attached hydrogen (secondary N) is 2. The van der Waals surface area contributed by atoms with Crippen molar-refractivity contribution in [2.24, 2.45) is 0 Å². The number of aromatic nitrogens is 1. The highest BCUT2D eigenvalue weighted by atomic mass is 16.2. The Morgan fingerprint density at radius 3 is 1.70 bits per heavy atom. The van der Waals surface area contributed by atoms with Gasteiger partial charge in [0.2, 0.25) is 0 Å². The summed E-state index contributed by atoms with van der Waals surface area (Å²) in [5.41, 5.74) is 4.49. The molecule has 0 unspecified atom stereocenters. The summed E-state index contributed by atoms with van der Waals surface area (Å²) >= 11 is 0. The highest BCUT2D eigenvalue weighted by molar-refractivity contribution is 6.05. The number of hydrogen-bond acceptors (Lipinski definition) is 3. The smallest absolute Gasteiger partial charge is 0.257 e. The molecule has 1 heterocycles. The number of anilines is 2. The number of amides is 2. The van der Waals surface area contributed by atoms with Crippen molar-refractivity contribution in [2.75, 3.05) is 10.6 Å². The molecule has 2 N–H and O–H groups in total. The van der Waals surface area contributed by atoms with Crippen molar-refractivity contribution < 1.29 is 9.59 Å². The van der Waals surface area contributed by atoms with Crippen LogP contribution in [0.25, 0.3) is 11.1 Å². The van der Waals surface area contributed by atoms with Crippen molar-refractivity contribution in [3.63, 3.8) is 0 Å². The van der Waals surface area contributed by atoms with Gasteiger partial charge in [-0.2, -0.15) is 0 Å². The lowest BCUT2D eigenvalue weighted by Crippen LogP contribution is -2.13. The highest BCUT2D eigenvalue weighted by Gasteiger charge is 2.08. The molecule has 0 aliphatic rings. The minimum Gasteiger partial charge on any atom is -0.322 e. The van der Waals surface area contributed by atoms with Crippen molar-refractivity contribution in [1.82, 2.24) is 4.98 Å². The molecule has 30 heavy (non-hydrogen) atoms. The Hall–Kier alpha value is -4.25. The van der Waals surface area contributed by atoms with Crippen LogP contribution in [0.2, 0.25) is 0 Å². The van der Waals surface area contributed by atoms with E-state index in [0.717, 1.165) is 11.1 Å². The highest BCUT2D eigenvalue weighted by Crippen LogP contribution is 2.20. The minimum absolute atomic E-state index is 0.193. The number of nitrogens with zero attached hydrogens (tertiary/aromatic N) is 1. The molecule has 2 amide bonds. The van der Waals surface area contributed by atoms with E-state index in [0.29, 0.717) is 22.5 Å². The van der Waals surface area contributed by atoms with Crippen LogP contribution in [0.3, 0.4) is 0 Å². The van der Waals surface area contributed by atoms with Crippen LogP contribution in [0, 0.1) is 0 Å². The van der Waals surface area contributed by atoms with Crippen LogP contribution in [0.4, 0.5) is 11.4 Å². The number of benzene rings is 3. The van der Waals surface area contributed by atoms with Gasteiger partial charge >= 0.3 is 0 Å². The van der Waals surface area contributed by atoms with Gasteiger partial charge in [0.15, 0.2) is 0 Å². The van der Waals surface area contributed by atoms with Crippen LogP contribution in [0.1, 0.15) is 20.7 Å². The molecule has 0 aliphatic carbocycles. The first-order valence-corrected chi connectivity index (χ1v) is 9.47. The standard InChI is InChI=1S/C25H19N3O2/c29-24(20-10-8-19(9-11-20)18-5-2-1-3-6-18)27-22-12-14-23(15-13-22)28-25(30)21-7-4-16-26-17-21/h1-17H,(H,27,29)(H,28,30). The lowest BCUT2D eigenvalue weighted by Gasteiger charge is -2.09. The first-order valence-electron chi connectivity index (χ1n) is 9.47. The van der Waals surface area contributed by atoms with Crippen molar-refractivity contribution >= 4 is 23.2 Å². The summed E-state index contributed by atoms with van der Waals surface area (Å²) in [7, 11) is 0. The third-order valence-electron chi connectivity index (χ3n) is 4.58. The SMILES string of the molecule is O=C(Nc1ccc(NC(=O)c2cccnc2)cc1)c1ccc(-c2ccccc2)cc1. The average molecular weight is 393 g/mol. The van der Waals surface area contributed by atoms with Gasteiger partial charge in [-0.1, -0.05) is 42.5 Å². The van der Waals surface area contributed by atoms with E-state index >= 15 is 0 Å². The first kappa shape index (κ1) is 19.1. The van der Waals surface area contributed by atoms with Gasteiger partial charge in [-0.3, -0.25) is 14.6 Å². The lowest BCUT2D eigenvalue weighted by atomic mass is 10.0. The van der Waals surface area contributed by atoms with Gasteiger partial charge in [0.1, 0.15) is 0 Å². The maximum Gasteiger partial charge on any atom is 0.257 e. The van der Waals surface area contributed by atoms with Gasteiger partial charge in [0.05, 0.1) is 5.56 Å². The molecule has 0 saturated carbocycles. The van der Waals surface area contributed by atoms with Crippen molar-refractivity contribution in [3.05, 3.63) is 115 Å². The van der Waals surface area contributed by atoms with Gasteiger partial charge in [-0.15, -0.1) is 0 Å². The Morgan fingerprint density at radius 1 is 0.567 bits per heavy atom. The maximum absolute atomic E-state index is 12.5. The molecule has 146 valence electrons.